The SMILES string of the molecule is CCOC(=O)CCCCCCCC(C(C)=O)S(=O)c1ccccn1. The maximum Gasteiger partial charge on any atom is 0.305 e. The van der Waals surface area contributed by atoms with Gasteiger partial charge >= 0.3 is 5.97 Å². The Morgan fingerprint density at radius 1 is 1.17 bits per heavy atom. The normalized spacial score (nSPS) is 13.2. The first kappa shape index (κ1) is 20.5. The van der Waals surface area contributed by atoms with Crippen LogP contribution in [0.4, 0.5) is 0 Å². The number of esters is 1. The maximum atomic E-state index is 12.5. The molecular weight excluding hydrogens is 326 g/mol. The number of ketones is 1. The summed E-state index contributed by atoms with van der Waals surface area (Å²) in [5, 5.41) is -0.0217. The summed E-state index contributed by atoms with van der Waals surface area (Å²) in [4.78, 5) is 27.1. The van der Waals surface area contributed by atoms with Crippen LogP contribution < -0.4 is 0 Å². The molecule has 1 aromatic rings. The van der Waals surface area contributed by atoms with Crippen LogP contribution in [0.1, 0.15) is 58.8 Å². The van der Waals surface area contributed by atoms with Gasteiger partial charge < -0.3 is 4.74 Å². The number of carbonyl (C=O) groups excluding carboxylic acids is 2. The van der Waals surface area contributed by atoms with Crippen LogP contribution in [0.5, 0.6) is 0 Å². The Morgan fingerprint density at radius 2 is 1.88 bits per heavy atom. The van der Waals surface area contributed by atoms with Crippen molar-refractivity contribution in [1.29, 1.82) is 0 Å². The number of aromatic nitrogens is 1. The Labute approximate surface area is 146 Å². The van der Waals surface area contributed by atoms with Gasteiger partial charge in [0, 0.05) is 12.6 Å². The molecule has 0 spiro atoms. The predicted octanol–water partition coefficient (Wildman–Crippen LogP) is 3.44. The third-order valence-corrected chi connectivity index (χ3v) is 5.45. The monoisotopic (exact) mass is 353 g/mol. The van der Waals surface area contributed by atoms with Crippen LogP contribution in [0.2, 0.25) is 0 Å². The zero-order valence-electron chi connectivity index (χ0n) is 14.5. The highest BCUT2D eigenvalue weighted by Crippen LogP contribution is 2.17. The van der Waals surface area contributed by atoms with E-state index in [0.717, 1.165) is 32.1 Å². The van der Waals surface area contributed by atoms with Crippen LogP contribution in [-0.2, 0) is 25.1 Å². The smallest absolute Gasteiger partial charge is 0.305 e. The molecule has 1 heterocycles. The molecule has 134 valence electrons. The van der Waals surface area contributed by atoms with Crippen LogP contribution >= 0.6 is 0 Å². The molecule has 2 atom stereocenters. The Balaban J connectivity index is 2.27. The van der Waals surface area contributed by atoms with Crippen LogP contribution in [0.3, 0.4) is 0 Å². The van der Waals surface area contributed by atoms with Gasteiger partial charge in [-0.3, -0.25) is 13.8 Å². The molecule has 6 heteroatoms. The Morgan fingerprint density at radius 3 is 2.50 bits per heavy atom. The zero-order chi connectivity index (χ0) is 17.8. The fourth-order valence-electron chi connectivity index (χ4n) is 2.44. The van der Waals surface area contributed by atoms with Gasteiger partial charge in [0.1, 0.15) is 10.8 Å². The van der Waals surface area contributed by atoms with Crippen molar-refractivity contribution in [3.63, 3.8) is 0 Å². The number of nitrogens with zero attached hydrogens (tertiary/aromatic N) is 1. The summed E-state index contributed by atoms with van der Waals surface area (Å²) in [5.41, 5.74) is 0. The topological polar surface area (TPSA) is 73.3 Å². The second kappa shape index (κ2) is 11.9. The summed E-state index contributed by atoms with van der Waals surface area (Å²) in [6, 6.07) is 5.24. The number of Topliss-reactive ketones (excluding diaryl/α,β-unsaturated/α-hetero) is 1. The first-order valence-corrected chi connectivity index (χ1v) is 9.75. The molecule has 1 rings (SSSR count). The summed E-state index contributed by atoms with van der Waals surface area (Å²) in [5.74, 6) is -0.193. The minimum Gasteiger partial charge on any atom is -0.466 e. The van der Waals surface area contributed by atoms with Crippen molar-refractivity contribution in [3.8, 4) is 0 Å². The summed E-state index contributed by atoms with van der Waals surface area (Å²) >= 11 is 0. The summed E-state index contributed by atoms with van der Waals surface area (Å²) < 4.78 is 17.3. The van der Waals surface area contributed by atoms with E-state index in [1.807, 2.05) is 0 Å². The van der Waals surface area contributed by atoms with Crippen LogP contribution in [-0.4, -0.2) is 32.8 Å². The van der Waals surface area contributed by atoms with Gasteiger partial charge in [0.15, 0.2) is 0 Å². The molecule has 0 aromatic carbocycles. The van der Waals surface area contributed by atoms with Crippen molar-refractivity contribution in [2.45, 2.75) is 69.1 Å². The van der Waals surface area contributed by atoms with Crippen molar-refractivity contribution in [3.05, 3.63) is 24.4 Å². The Hall–Kier alpha value is -1.56. The molecule has 0 saturated heterocycles. The fourth-order valence-corrected chi connectivity index (χ4v) is 3.79. The van der Waals surface area contributed by atoms with Gasteiger partial charge in [-0.2, -0.15) is 0 Å². The number of hydrogen-bond acceptors (Lipinski definition) is 5. The lowest BCUT2D eigenvalue weighted by molar-refractivity contribution is -0.143. The van der Waals surface area contributed by atoms with Gasteiger partial charge in [0.05, 0.1) is 22.7 Å². The van der Waals surface area contributed by atoms with E-state index in [2.05, 4.69) is 4.98 Å². The largest absolute Gasteiger partial charge is 0.466 e. The molecule has 0 aliphatic heterocycles. The standard InChI is InChI=1S/C18H27NO4S/c1-3-23-18(21)13-8-6-4-5-7-11-16(15(2)20)24(22)17-12-9-10-14-19-17/h9-10,12,14,16H,3-8,11,13H2,1-2H3. The molecule has 0 radical (unpaired) electrons. The first-order valence-electron chi connectivity index (χ1n) is 8.54. The van der Waals surface area contributed by atoms with Crippen molar-refractivity contribution >= 4 is 22.6 Å². The predicted molar refractivity (Wildman–Crippen MR) is 94.1 cm³/mol. The molecule has 0 fully saturated rings. The summed E-state index contributed by atoms with van der Waals surface area (Å²) in [6.45, 7) is 3.72. The van der Waals surface area contributed by atoms with Crippen LogP contribution in [0.15, 0.2) is 29.4 Å². The van der Waals surface area contributed by atoms with E-state index in [1.54, 1.807) is 31.3 Å². The van der Waals surface area contributed by atoms with Crippen molar-refractivity contribution < 1.29 is 18.5 Å². The summed E-state index contributed by atoms with van der Waals surface area (Å²) in [6.07, 6.45) is 7.27. The van der Waals surface area contributed by atoms with E-state index in [4.69, 9.17) is 4.74 Å². The van der Waals surface area contributed by atoms with Crippen molar-refractivity contribution in [2.24, 2.45) is 0 Å². The molecular formula is C18H27NO4S. The highest BCUT2D eigenvalue weighted by molar-refractivity contribution is 7.86. The van der Waals surface area contributed by atoms with Crippen molar-refractivity contribution in [1.82, 2.24) is 4.98 Å². The molecule has 0 aliphatic carbocycles. The Bertz CT molecular complexity index is 533. The number of rotatable bonds is 12. The number of unbranched alkanes of at least 4 members (excludes halogenated alkanes) is 4. The summed E-state index contributed by atoms with van der Waals surface area (Å²) in [7, 11) is -1.39. The van der Waals surface area contributed by atoms with E-state index < -0.39 is 16.0 Å². The van der Waals surface area contributed by atoms with Gasteiger partial charge in [-0.05, 0) is 38.8 Å². The minimum absolute atomic E-state index is 0.0544. The molecule has 1 aromatic heterocycles. The molecule has 5 nitrogen and oxygen atoms in total. The minimum atomic E-state index is -1.39. The molecule has 0 aliphatic rings. The van der Waals surface area contributed by atoms with Gasteiger partial charge in [-0.1, -0.05) is 31.7 Å². The molecule has 0 N–H and O–H groups in total. The highest BCUT2D eigenvalue weighted by atomic mass is 32.2. The van der Waals surface area contributed by atoms with E-state index in [9.17, 15) is 13.8 Å². The third-order valence-electron chi connectivity index (χ3n) is 3.71. The Kier molecular flexibility index (Phi) is 10.2. The lowest BCUT2D eigenvalue weighted by Crippen LogP contribution is -2.24. The first-order chi connectivity index (χ1) is 11.6. The molecule has 0 saturated carbocycles. The second-order valence-electron chi connectivity index (χ2n) is 5.68. The number of hydrogen-bond donors (Lipinski definition) is 0. The van der Waals surface area contributed by atoms with Crippen molar-refractivity contribution in [2.75, 3.05) is 6.61 Å². The lowest BCUT2D eigenvalue weighted by Gasteiger charge is -2.12. The van der Waals surface area contributed by atoms with E-state index in [1.165, 1.54) is 6.92 Å². The van der Waals surface area contributed by atoms with Gasteiger partial charge in [0.2, 0.25) is 0 Å². The van der Waals surface area contributed by atoms with Crippen LogP contribution in [0, 0.1) is 0 Å². The van der Waals surface area contributed by atoms with Gasteiger partial charge in [0.25, 0.3) is 0 Å². The lowest BCUT2D eigenvalue weighted by atomic mass is 10.1. The van der Waals surface area contributed by atoms with E-state index in [-0.39, 0.29) is 11.8 Å². The quantitative estimate of drug-likeness (QED) is 0.425. The fraction of sp³-hybridized carbons (Fsp3) is 0.611. The van der Waals surface area contributed by atoms with E-state index >= 15 is 0 Å². The van der Waals surface area contributed by atoms with Crippen LogP contribution in [0.25, 0.3) is 0 Å². The van der Waals surface area contributed by atoms with Gasteiger partial charge in [-0.15, -0.1) is 0 Å². The number of pyridine rings is 1. The second-order valence-corrected chi connectivity index (χ2v) is 7.26. The number of ether oxygens (including phenoxy) is 1. The average Bonchev–Trinajstić information content (AvgIpc) is 2.57. The zero-order valence-corrected chi connectivity index (χ0v) is 15.3. The third kappa shape index (κ3) is 7.81. The highest BCUT2D eigenvalue weighted by Gasteiger charge is 2.23. The van der Waals surface area contributed by atoms with E-state index in [0.29, 0.717) is 24.5 Å². The molecule has 0 bridgehead atoms. The van der Waals surface area contributed by atoms with Gasteiger partial charge in [-0.25, -0.2) is 4.98 Å². The average molecular weight is 353 g/mol. The maximum absolute atomic E-state index is 12.5. The molecule has 2 unspecified atom stereocenters. The number of carbonyl (C=O) groups is 2. The molecule has 0 amide bonds. The molecule has 24 heavy (non-hydrogen) atoms.